The van der Waals surface area contributed by atoms with Gasteiger partial charge in [-0.1, -0.05) is 54.1 Å². The minimum Gasteiger partial charge on any atom is -0.490 e. The van der Waals surface area contributed by atoms with Crippen molar-refractivity contribution in [2.45, 2.75) is 0 Å². The Morgan fingerprint density at radius 1 is 0.857 bits per heavy atom. The van der Waals surface area contributed by atoms with E-state index >= 15 is 0 Å². The number of nitrogens with one attached hydrogen (secondary N) is 1. The lowest BCUT2D eigenvalue weighted by molar-refractivity contribution is -0.111. The molecule has 4 nitrogen and oxygen atoms in total. The highest BCUT2D eigenvalue weighted by atomic mass is 35.5. The van der Waals surface area contributed by atoms with E-state index in [4.69, 9.17) is 21.1 Å². The van der Waals surface area contributed by atoms with Gasteiger partial charge in [0.1, 0.15) is 24.7 Å². The summed E-state index contributed by atoms with van der Waals surface area (Å²) in [4.78, 5) is 12.2. The third-order valence-corrected chi connectivity index (χ3v) is 4.05. The van der Waals surface area contributed by atoms with Crippen molar-refractivity contribution in [1.29, 1.82) is 0 Å². The third-order valence-electron chi connectivity index (χ3n) is 3.79. The predicted octanol–water partition coefficient (Wildman–Crippen LogP) is 5.45. The number of halogens is 1. The van der Waals surface area contributed by atoms with Crippen LogP contribution in [-0.4, -0.2) is 19.1 Å². The molecule has 0 saturated carbocycles. The maximum Gasteiger partial charge on any atom is 0.248 e. The fraction of sp³-hybridized carbons (Fsp3) is 0.0870. The summed E-state index contributed by atoms with van der Waals surface area (Å²) in [5, 5.41) is 3.49. The molecule has 0 aliphatic carbocycles. The second-order valence-corrected chi connectivity index (χ2v) is 6.32. The molecule has 0 spiro atoms. The van der Waals surface area contributed by atoms with Crippen molar-refractivity contribution in [2.75, 3.05) is 18.5 Å². The fourth-order valence-electron chi connectivity index (χ4n) is 2.44. The predicted molar refractivity (Wildman–Crippen MR) is 113 cm³/mol. The van der Waals surface area contributed by atoms with E-state index in [1.165, 1.54) is 6.08 Å². The van der Waals surface area contributed by atoms with Gasteiger partial charge in [0.05, 0.1) is 5.69 Å². The monoisotopic (exact) mass is 393 g/mol. The Morgan fingerprint density at radius 3 is 2.32 bits per heavy atom. The molecule has 0 saturated heterocycles. The van der Waals surface area contributed by atoms with Crippen molar-refractivity contribution in [3.05, 3.63) is 95.5 Å². The molecule has 0 aliphatic rings. The molecule has 0 unspecified atom stereocenters. The maximum absolute atomic E-state index is 12.2. The number of para-hydroxylation sites is 3. The second kappa shape index (κ2) is 10.2. The smallest absolute Gasteiger partial charge is 0.248 e. The van der Waals surface area contributed by atoms with Crippen molar-refractivity contribution in [2.24, 2.45) is 0 Å². The molecule has 3 aromatic carbocycles. The molecule has 5 heteroatoms. The number of benzene rings is 3. The van der Waals surface area contributed by atoms with Crippen LogP contribution in [0.2, 0.25) is 5.02 Å². The van der Waals surface area contributed by atoms with E-state index in [-0.39, 0.29) is 5.91 Å². The van der Waals surface area contributed by atoms with Crippen LogP contribution < -0.4 is 14.8 Å². The molecule has 0 bridgehead atoms. The van der Waals surface area contributed by atoms with Crippen LogP contribution >= 0.6 is 11.6 Å². The standard InChI is InChI=1S/C23H20ClNO3/c24-19-13-10-18(11-14-19)12-15-23(26)25-21-8-4-5-9-22(21)28-17-16-27-20-6-2-1-3-7-20/h1-15H,16-17H2,(H,25,26)/b15-12+. The molecule has 3 rings (SSSR count). The lowest BCUT2D eigenvalue weighted by Crippen LogP contribution is -2.12. The first kappa shape index (κ1) is 19.5. The Labute approximate surface area is 169 Å². The summed E-state index contributed by atoms with van der Waals surface area (Å²) in [5.74, 6) is 1.14. The van der Waals surface area contributed by atoms with Crippen LogP contribution in [0.4, 0.5) is 5.69 Å². The summed E-state index contributed by atoms with van der Waals surface area (Å²) < 4.78 is 11.4. The van der Waals surface area contributed by atoms with Crippen LogP contribution in [0.5, 0.6) is 11.5 Å². The molecule has 1 amide bonds. The van der Waals surface area contributed by atoms with E-state index in [9.17, 15) is 4.79 Å². The van der Waals surface area contributed by atoms with Crippen LogP contribution in [0, 0.1) is 0 Å². The summed E-state index contributed by atoms with van der Waals surface area (Å²) in [7, 11) is 0. The zero-order valence-corrected chi connectivity index (χ0v) is 15.9. The molecule has 3 aromatic rings. The highest BCUT2D eigenvalue weighted by Crippen LogP contribution is 2.24. The van der Waals surface area contributed by atoms with E-state index in [0.717, 1.165) is 11.3 Å². The van der Waals surface area contributed by atoms with Gasteiger partial charge in [-0.15, -0.1) is 0 Å². The Morgan fingerprint density at radius 2 is 1.54 bits per heavy atom. The molecule has 0 heterocycles. The van der Waals surface area contributed by atoms with Gasteiger partial charge in [0.25, 0.3) is 0 Å². The zero-order chi connectivity index (χ0) is 19.6. The van der Waals surface area contributed by atoms with Crippen LogP contribution in [0.3, 0.4) is 0 Å². The van der Waals surface area contributed by atoms with Crippen LogP contribution in [0.25, 0.3) is 6.08 Å². The summed E-state index contributed by atoms with van der Waals surface area (Å²) in [6, 6.07) is 24.1. The van der Waals surface area contributed by atoms with E-state index in [1.54, 1.807) is 30.3 Å². The highest BCUT2D eigenvalue weighted by molar-refractivity contribution is 6.30. The summed E-state index contributed by atoms with van der Waals surface area (Å²) in [6.45, 7) is 0.769. The Hall–Kier alpha value is -3.24. The maximum atomic E-state index is 12.2. The Bertz CT molecular complexity index is 924. The minimum absolute atomic E-state index is 0.244. The summed E-state index contributed by atoms with van der Waals surface area (Å²) in [5.41, 5.74) is 1.50. The fourth-order valence-corrected chi connectivity index (χ4v) is 2.57. The largest absolute Gasteiger partial charge is 0.490 e. The Kier molecular flexibility index (Phi) is 7.10. The third kappa shape index (κ3) is 6.18. The number of hydrogen-bond acceptors (Lipinski definition) is 3. The number of carbonyl (C=O) groups is 1. The van der Waals surface area contributed by atoms with Crippen molar-refractivity contribution in [3.8, 4) is 11.5 Å². The van der Waals surface area contributed by atoms with Gasteiger partial charge in [0.15, 0.2) is 0 Å². The van der Waals surface area contributed by atoms with Gasteiger partial charge in [-0.3, -0.25) is 4.79 Å². The number of carbonyl (C=O) groups excluding carboxylic acids is 1. The first-order chi connectivity index (χ1) is 13.7. The molecule has 0 fully saturated rings. The van der Waals surface area contributed by atoms with Crippen molar-refractivity contribution >= 4 is 29.3 Å². The molecule has 0 aromatic heterocycles. The first-order valence-corrected chi connectivity index (χ1v) is 9.23. The number of hydrogen-bond donors (Lipinski definition) is 1. The van der Waals surface area contributed by atoms with Gasteiger partial charge < -0.3 is 14.8 Å². The lowest BCUT2D eigenvalue weighted by atomic mass is 10.2. The summed E-state index contributed by atoms with van der Waals surface area (Å²) >= 11 is 5.86. The van der Waals surface area contributed by atoms with E-state index in [0.29, 0.717) is 29.7 Å². The second-order valence-electron chi connectivity index (χ2n) is 5.88. The average Bonchev–Trinajstić information content (AvgIpc) is 2.73. The number of ether oxygens (including phenoxy) is 2. The van der Waals surface area contributed by atoms with Crippen LogP contribution in [-0.2, 0) is 4.79 Å². The minimum atomic E-state index is -0.244. The number of anilines is 1. The van der Waals surface area contributed by atoms with E-state index in [1.807, 2.05) is 54.6 Å². The number of amides is 1. The number of rotatable bonds is 8. The van der Waals surface area contributed by atoms with Gasteiger partial charge in [0.2, 0.25) is 5.91 Å². The van der Waals surface area contributed by atoms with Crippen molar-refractivity contribution in [3.63, 3.8) is 0 Å². The molecule has 1 N–H and O–H groups in total. The van der Waals surface area contributed by atoms with Crippen molar-refractivity contribution < 1.29 is 14.3 Å². The molecule has 28 heavy (non-hydrogen) atoms. The van der Waals surface area contributed by atoms with E-state index in [2.05, 4.69) is 5.32 Å². The Balaban J connectivity index is 1.52. The highest BCUT2D eigenvalue weighted by Gasteiger charge is 2.05. The summed E-state index contributed by atoms with van der Waals surface area (Å²) in [6.07, 6.45) is 3.20. The first-order valence-electron chi connectivity index (χ1n) is 8.85. The zero-order valence-electron chi connectivity index (χ0n) is 15.2. The van der Waals surface area contributed by atoms with Crippen LogP contribution in [0.1, 0.15) is 5.56 Å². The average molecular weight is 394 g/mol. The van der Waals surface area contributed by atoms with Gasteiger partial charge >= 0.3 is 0 Å². The molecular formula is C23H20ClNO3. The normalized spacial score (nSPS) is 10.6. The molecule has 0 atom stereocenters. The molecule has 142 valence electrons. The molecule has 0 aliphatic heterocycles. The lowest BCUT2D eigenvalue weighted by Gasteiger charge is -2.12. The van der Waals surface area contributed by atoms with Gasteiger partial charge in [-0.05, 0) is 48.0 Å². The van der Waals surface area contributed by atoms with Gasteiger partial charge in [-0.25, -0.2) is 0 Å². The molecular weight excluding hydrogens is 374 g/mol. The van der Waals surface area contributed by atoms with Gasteiger partial charge in [0, 0.05) is 11.1 Å². The molecule has 0 radical (unpaired) electrons. The topological polar surface area (TPSA) is 47.6 Å². The van der Waals surface area contributed by atoms with Crippen molar-refractivity contribution in [1.82, 2.24) is 0 Å². The van der Waals surface area contributed by atoms with E-state index < -0.39 is 0 Å². The van der Waals surface area contributed by atoms with Gasteiger partial charge in [-0.2, -0.15) is 0 Å². The van der Waals surface area contributed by atoms with Crippen LogP contribution in [0.15, 0.2) is 84.9 Å². The SMILES string of the molecule is O=C(/C=C/c1ccc(Cl)cc1)Nc1ccccc1OCCOc1ccccc1. The quantitative estimate of drug-likeness (QED) is 0.409.